The average molecular weight is 333 g/mol. The van der Waals surface area contributed by atoms with Crippen molar-refractivity contribution in [3.63, 3.8) is 0 Å². The number of rotatable bonds is 3. The summed E-state index contributed by atoms with van der Waals surface area (Å²) in [6.07, 6.45) is 1.46. The van der Waals surface area contributed by atoms with Gasteiger partial charge in [0.2, 0.25) is 6.79 Å². The van der Waals surface area contributed by atoms with Gasteiger partial charge in [0.25, 0.3) is 5.91 Å². The first-order valence-corrected chi connectivity index (χ1v) is 7.31. The van der Waals surface area contributed by atoms with Gasteiger partial charge < -0.3 is 19.2 Å². The molecule has 0 spiro atoms. The van der Waals surface area contributed by atoms with Crippen LogP contribution in [0.5, 0.6) is 11.5 Å². The van der Waals surface area contributed by atoms with E-state index in [9.17, 15) is 4.79 Å². The standard InChI is InChI=1S/C15H15N3O4S/c1-9-11(4-5-20-9)14(19)17-18-15(23)16-7-10-2-3-12-13(6-10)22-8-21-12/h2-6H,7-8H2,1H3,(H,17,19)(H2,16,18,23). The van der Waals surface area contributed by atoms with E-state index < -0.39 is 0 Å². The Morgan fingerprint density at radius 2 is 2.04 bits per heavy atom. The summed E-state index contributed by atoms with van der Waals surface area (Å²) in [6.45, 7) is 2.44. The molecular formula is C15H15N3O4S. The van der Waals surface area contributed by atoms with E-state index in [0.717, 1.165) is 11.3 Å². The minimum Gasteiger partial charge on any atom is -0.469 e. The molecular weight excluding hydrogens is 318 g/mol. The van der Waals surface area contributed by atoms with Crippen molar-refractivity contribution < 1.29 is 18.7 Å². The third kappa shape index (κ3) is 3.54. The Morgan fingerprint density at radius 1 is 1.22 bits per heavy atom. The van der Waals surface area contributed by atoms with Gasteiger partial charge in [-0.3, -0.25) is 15.6 Å². The Hall–Kier alpha value is -2.74. The number of hydrogen-bond donors (Lipinski definition) is 3. The first kappa shape index (κ1) is 15.2. The number of aryl methyl sites for hydroxylation is 1. The van der Waals surface area contributed by atoms with Gasteiger partial charge in [0.1, 0.15) is 5.76 Å². The van der Waals surface area contributed by atoms with Crippen molar-refractivity contribution in [1.82, 2.24) is 16.2 Å². The highest BCUT2D eigenvalue weighted by molar-refractivity contribution is 7.80. The van der Waals surface area contributed by atoms with Crippen LogP contribution in [0.3, 0.4) is 0 Å². The molecule has 0 bridgehead atoms. The van der Waals surface area contributed by atoms with E-state index in [1.165, 1.54) is 6.26 Å². The molecule has 7 nitrogen and oxygen atoms in total. The van der Waals surface area contributed by atoms with E-state index >= 15 is 0 Å². The van der Waals surface area contributed by atoms with E-state index in [0.29, 0.717) is 28.7 Å². The molecule has 0 saturated heterocycles. The number of fused-ring (bicyclic) bond motifs is 1. The molecule has 120 valence electrons. The van der Waals surface area contributed by atoms with Gasteiger partial charge in [-0.2, -0.15) is 0 Å². The van der Waals surface area contributed by atoms with E-state index in [2.05, 4.69) is 16.2 Å². The van der Waals surface area contributed by atoms with Gasteiger partial charge in [-0.05, 0) is 42.9 Å². The summed E-state index contributed by atoms with van der Waals surface area (Å²) in [4.78, 5) is 11.9. The lowest BCUT2D eigenvalue weighted by molar-refractivity contribution is 0.0942. The van der Waals surface area contributed by atoms with Crippen LogP contribution in [0.1, 0.15) is 21.7 Å². The molecule has 0 aliphatic carbocycles. The SMILES string of the molecule is Cc1occc1C(=O)NNC(=S)NCc1ccc2c(c1)OCO2. The zero-order chi connectivity index (χ0) is 16.2. The van der Waals surface area contributed by atoms with Gasteiger partial charge in [-0.25, -0.2) is 0 Å². The van der Waals surface area contributed by atoms with Crippen LogP contribution in [-0.4, -0.2) is 17.8 Å². The molecule has 1 aliphatic rings. The zero-order valence-corrected chi connectivity index (χ0v) is 13.2. The summed E-state index contributed by atoms with van der Waals surface area (Å²) in [5.74, 6) is 1.68. The average Bonchev–Trinajstić information content (AvgIpc) is 3.18. The number of ether oxygens (including phenoxy) is 2. The topological polar surface area (TPSA) is 84.8 Å². The largest absolute Gasteiger partial charge is 0.469 e. The highest BCUT2D eigenvalue weighted by Crippen LogP contribution is 2.32. The maximum atomic E-state index is 11.9. The number of carbonyl (C=O) groups excluding carboxylic acids is 1. The van der Waals surface area contributed by atoms with Gasteiger partial charge >= 0.3 is 0 Å². The van der Waals surface area contributed by atoms with Gasteiger partial charge in [-0.1, -0.05) is 6.07 Å². The summed E-state index contributed by atoms with van der Waals surface area (Å²) in [6, 6.07) is 7.23. The number of furan rings is 1. The minimum atomic E-state index is -0.316. The highest BCUT2D eigenvalue weighted by atomic mass is 32.1. The molecule has 2 heterocycles. The van der Waals surface area contributed by atoms with Crippen LogP contribution in [0, 0.1) is 6.92 Å². The molecule has 2 aromatic rings. The fourth-order valence-electron chi connectivity index (χ4n) is 2.08. The smallest absolute Gasteiger partial charge is 0.273 e. The third-order valence-corrected chi connectivity index (χ3v) is 3.53. The van der Waals surface area contributed by atoms with Crippen molar-refractivity contribution in [3.05, 3.63) is 47.4 Å². The number of benzene rings is 1. The molecule has 0 unspecified atom stereocenters. The van der Waals surface area contributed by atoms with Crippen LogP contribution < -0.4 is 25.6 Å². The first-order chi connectivity index (χ1) is 11.1. The molecule has 3 N–H and O–H groups in total. The van der Waals surface area contributed by atoms with Crippen LogP contribution in [0.15, 0.2) is 34.9 Å². The third-order valence-electron chi connectivity index (χ3n) is 3.28. The molecule has 0 atom stereocenters. The van der Waals surface area contributed by atoms with Crippen LogP contribution in [0.2, 0.25) is 0 Å². The lowest BCUT2D eigenvalue weighted by Crippen LogP contribution is -2.46. The van der Waals surface area contributed by atoms with Gasteiger partial charge in [0.05, 0.1) is 11.8 Å². The second-order valence-electron chi connectivity index (χ2n) is 4.84. The van der Waals surface area contributed by atoms with Crippen molar-refractivity contribution in [1.29, 1.82) is 0 Å². The first-order valence-electron chi connectivity index (χ1n) is 6.90. The number of hydrogen-bond acceptors (Lipinski definition) is 5. The quantitative estimate of drug-likeness (QED) is 0.581. The van der Waals surface area contributed by atoms with E-state index in [4.69, 9.17) is 26.1 Å². The van der Waals surface area contributed by atoms with Gasteiger partial charge in [0.15, 0.2) is 16.6 Å². The van der Waals surface area contributed by atoms with Crippen LogP contribution in [0.4, 0.5) is 0 Å². The summed E-state index contributed by atoms with van der Waals surface area (Å²) in [5.41, 5.74) is 6.59. The fraction of sp³-hybridized carbons (Fsp3) is 0.200. The Labute approximate surface area is 137 Å². The molecule has 1 amide bonds. The molecule has 8 heteroatoms. The number of nitrogens with one attached hydrogen (secondary N) is 3. The summed E-state index contributed by atoms with van der Waals surface area (Å²) < 4.78 is 15.6. The number of thiocarbonyl (C=S) groups is 1. The van der Waals surface area contributed by atoms with E-state index in [-0.39, 0.29) is 12.7 Å². The molecule has 23 heavy (non-hydrogen) atoms. The van der Waals surface area contributed by atoms with Gasteiger partial charge in [-0.15, -0.1) is 0 Å². The van der Waals surface area contributed by atoms with Crippen LogP contribution in [0.25, 0.3) is 0 Å². The molecule has 0 radical (unpaired) electrons. The monoisotopic (exact) mass is 333 g/mol. The lowest BCUT2D eigenvalue weighted by atomic mass is 10.2. The lowest BCUT2D eigenvalue weighted by Gasteiger charge is -2.11. The van der Waals surface area contributed by atoms with E-state index in [1.54, 1.807) is 13.0 Å². The Bertz CT molecular complexity index is 744. The Morgan fingerprint density at radius 3 is 2.83 bits per heavy atom. The minimum absolute atomic E-state index is 0.242. The van der Waals surface area contributed by atoms with Crippen LogP contribution in [-0.2, 0) is 6.54 Å². The zero-order valence-electron chi connectivity index (χ0n) is 12.3. The Kier molecular flexibility index (Phi) is 4.33. The van der Waals surface area contributed by atoms with Gasteiger partial charge in [0, 0.05) is 6.54 Å². The molecule has 1 aromatic carbocycles. The van der Waals surface area contributed by atoms with Crippen LogP contribution >= 0.6 is 12.2 Å². The highest BCUT2D eigenvalue weighted by Gasteiger charge is 2.13. The second kappa shape index (κ2) is 6.57. The Balaban J connectivity index is 1.46. The number of amides is 1. The molecule has 1 aliphatic heterocycles. The van der Waals surface area contributed by atoms with Crippen molar-refractivity contribution in [3.8, 4) is 11.5 Å². The predicted molar refractivity (Wildman–Crippen MR) is 86.0 cm³/mol. The van der Waals surface area contributed by atoms with E-state index in [1.807, 2.05) is 18.2 Å². The predicted octanol–water partition coefficient (Wildman–Crippen LogP) is 1.63. The number of carbonyl (C=O) groups is 1. The molecule has 0 fully saturated rings. The molecule has 3 rings (SSSR count). The number of hydrazine groups is 1. The summed E-state index contributed by atoms with van der Waals surface area (Å²) in [5, 5.41) is 3.29. The normalized spacial score (nSPS) is 11.9. The van der Waals surface area contributed by atoms with Crippen molar-refractivity contribution in [2.45, 2.75) is 13.5 Å². The summed E-state index contributed by atoms with van der Waals surface area (Å²) >= 11 is 5.12. The maximum absolute atomic E-state index is 11.9. The molecule has 0 saturated carbocycles. The second-order valence-corrected chi connectivity index (χ2v) is 5.25. The fourth-order valence-corrected chi connectivity index (χ4v) is 2.20. The maximum Gasteiger partial charge on any atom is 0.273 e. The van der Waals surface area contributed by atoms with Crippen molar-refractivity contribution in [2.24, 2.45) is 0 Å². The van der Waals surface area contributed by atoms with Crippen molar-refractivity contribution >= 4 is 23.2 Å². The molecule has 1 aromatic heterocycles. The summed E-state index contributed by atoms with van der Waals surface area (Å²) in [7, 11) is 0. The van der Waals surface area contributed by atoms with Crippen molar-refractivity contribution in [2.75, 3.05) is 6.79 Å².